The highest BCUT2D eigenvalue weighted by molar-refractivity contribution is 7.10. The Labute approximate surface area is 103 Å². The molecule has 90 valence electrons. The van der Waals surface area contributed by atoms with E-state index in [4.69, 9.17) is 0 Å². The smallest absolute Gasteiger partial charge is 0.244 e. The third-order valence-corrected chi connectivity index (χ3v) is 3.63. The van der Waals surface area contributed by atoms with E-state index in [1.54, 1.807) is 24.6 Å². The molecule has 0 bridgehead atoms. The maximum Gasteiger partial charge on any atom is 0.244 e. The monoisotopic (exact) mass is 250 g/mol. The number of nitrogens with one attached hydrogen (secondary N) is 1. The second kappa shape index (κ2) is 5.09. The predicted octanol–water partition coefficient (Wildman–Crippen LogP) is 1.53. The summed E-state index contributed by atoms with van der Waals surface area (Å²) in [5, 5.41) is 8.87. The highest BCUT2D eigenvalue weighted by atomic mass is 32.1. The van der Waals surface area contributed by atoms with E-state index in [1.165, 1.54) is 21.4 Å². The molecular formula is C11H14N4OS. The Bertz CT molecular complexity index is 491. The molecule has 2 rings (SSSR count). The van der Waals surface area contributed by atoms with Crippen LogP contribution >= 0.6 is 11.3 Å². The Morgan fingerprint density at radius 2 is 2.47 bits per heavy atom. The molecule has 2 aromatic rings. The molecule has 0 aliphatic heterocycles. The second-order valence-corrected chi connectivity index (χ2v) is 4.80. The van der Waals surface area contributed by atoms with E-state index in [9.17, 15) is 4.79 Å². The van der Waals surface area contributed by atoms with Crippen molar-refractivity contribution in [1.29, 1.82) is 0 Å². The fourth-order valence-corrected chi connectivity index (χ4v) is 2.28. The average molecular weight is 250 g/mol. The SMILES string of the molecule is Cc1ccsc1CNC(=O)[C@H](C)n1cncn1. The molecule has 5 nitrogen and oxygen atoms in total. The van der Waals surface area contributed by atoms with Gasteiger partial charge in [-0.15, -0.1) is 11.3 Å². The number of aromatic nitrogens is 3. The molecule has 17 heavy (non-hydrogen) atoms. The Morgan fingerprint density at radius 1 is 1.65 bits per heavy atom. The van der Waals surface area contributed by atoms with Crippen LogP contribution in [0, 0.1) is 6.92 Å². The first kappa shape index (κ1) is 11.8. The van der Waals surface area contributed by atoms with Crippen LogP contribution < -0.4 is 5.32 Å². The maximum absolute atomic E-state index is 11.9. The van der Waals surface area contributed by atoms with Crippen LogP contribution in [-0.4, -0.2) is 20.7 Å². The minimum absolute atomic E-state index is 0.0525. The number of nitrogens with zero attached hydrogens (tertiary/aromatic N) is 3. The fourth-order valence-electron chi connectivity index (χ4n) is 1.44. The van der Waals surface area contributed by atoms with Crippen LogP contribution in [0.3, 0.4) is 0 Å². The zero-order chi connectivity index (χ0) is 12.3. The molecule has 0 aliphatic carbocycles. The molecule has 0 aliphatic rings. The minimum atomic E-state index is -0.335. The highest BCUT2D eigenvalue weighted by Crippen LogP contribution is 2.15. The van der Waals surface area contributed by atoms with Gasteiger partial charge in [-0.2, -0.15) is 5.10 Å². The first-order valence-electron chi connectivity index (χ1n) is 5.33. The lowest BCUT2D eigenvalue weighted by Gasteiger charge is -2.11. The topological polar surface area (TPSA) is 59.8 Å². The van der Waals surface area contributed by atoms with Crippen LogP contribution in [0.5, 0.6) is 0 Å². The molecule has 1 amide bonds. The first-order valence-corrected chi connectivity index (χ1v) is 6.21. The van der Waals surface area contributed by atoms with Gasteiger partial charge in [0.25, 0.3) is 0 Å². The third-order valence-electron chi connectivity index (χ3n) is 2.60. The van der Waals surface area contributed by atoms with Crippen molar-refractivity contribution in [1.82, 2.24) is 20.1 Å². The summed E-state index contributed by atoms with van der Waals surface area (Å²) in [4.78, 5) is 16.9. The summed E-state index contributed by atoms with van der Waals surface area (Å²) in [5.74, 6) is -0.0525. The summed E-state index contributed by atoms with van der Waals surface area (Å²) < 4.78 is 1.54. The lowest BCUT2D eigenvalue weighted by atomic mass is 10.3. The van der Waals surface area contributed by atoms with Gasteiger partial charge in [0.05, 0.1) is 6.54 Å². The summed E-state index contributed by atoms with van der Waals surface area (Å²) >= 11 is 1.65. The molecule has 0 aromatic carbocycles. The van der Waals surface area contributed by atoms with Crippen LogP contribution in [0.25, 0.3) is 0 Å². The summed E-state index contributed by atoms with van der Waals surface area (Å²) in [6, 6.07) is 1.71. The van der Waals surface area contributed by atoms with Gasteiger partial charge < -0.3 is 5.32 Å². The summed E-state index contributed by atoms with van der Waals surface area (Å²) in [5.41, 5.74) is 1.21. The van der Waals surface area contributed by atoms with Crippen LogP contribution in [0.15, 0.2) is 24.1 Å². The van der Waals surface area contributed by atoms with Crippen LogP contribution in [-0.2, 0) is 11.3 Å². The number of hydrogen-bond donors (Lipinski definition) is 1. The molecule has 0 saturated carbocycles. The highest BCUT2D eigenvalue weighted by Gasteiger charge is 2.15. The van der Waals surface area contributed by atoms with E-state index in [2.05, 4.69) is 15.4 Å². The van der Waals surface area contributed by atoms with Gasteiger partial charge in [0.2, 0.25) is 5.91 Å². The van der Waals surface area contributed by atoms with Crippen LogP contribution in [0.1, 0.15) is 23.4 Å². The molecular weight excluding hydrogens is 236 g/mol. The lowest BCUT2D eigenvalue weighted by molar-refractivity contribution is -0.124. The van der Waals surface area contributed by atoms with E-state index in [0.717, 1.165) is 0 Å². The Balaban J connectivity index is 1.92. The first-order chi connectivity index (χ1) is 8.18. The summed E-state index contributed by atoms with van der Waals surface area (Å²) in [6.07, 6.45) is 2.97. The number of thiophene rings is 1. The minimum Gasteiger partial charge on any atom is -0.349 e. The zero-order valence-corrected chi connectivity index (χ0v) is 10.6. The molecule has 0 saturated heterocycles. The van der Waals surface area contributed by atoms with Crippen molar-refractivity contribution in [3.05, 3.63) is 34.5 Å². The van der Waals surface area contributed by atoms with Crippen molar-refractivity contribution in [2.45, 2.75) is 26.4 Å². The standard InChI is InChI=1S/C11H14N4OS/c1-8-3-4-17-10(8)5-13-11(16)9(2)15-7-12-6-14-15/h3-4,6-7,9H,5H2,1-2H3,(H,13,16)/t9-/m0/s1. The van der Waals surface area contributed by atoms with Crippen LogP contribution in [0.4, 0.5) is 0 Å². The van der Waals surface area contributed by atoms with Gasteiger partial charge in [0, 0.05) is 4.88 Å². The van der Waals surface area contributed by atoms with Gasteiger partial charge in [0.15, 0.2) is 0 Å². The Morgan fingerprint density at radius 3 is 3.06 bits per heavy atom. The number of aryl methyl sites for hydroxylation is 1. The molecule has 1 atom stereocenters. The number of rotatable bonds is 4. The fraction of sp³-hybridized carbons (Fsp3) is 0.364. The third kappa shape index (κ3) is 2.71. The van der Waals surface area contributed by atoms with Crippen molar-refractivity contribution in [2.24, 2.45) is 0 Å². The van der Waals surface area contributed by atoms with E-state index in [0.29, 0.717) is 6.54 Å². The Kier molecular flexibility index (Phi) is 3.53. The predicted molar refractivity (Wildman–Crippen MR) is 65.6 cm³/mol. The summed E-state index contributed by atoms with van der Waals surface area (Å²) in [7, 11) is 0. The number of hydrogen-bond acceptors (Lipinski definition) is 4. The van der Waals surface area contributed by atoms with E-state index < -0.39 is 0 Å². The molecule has 6 heteroatoms. The van der Waals surface area contributed by atoms with Crippen molar-refractivity contribution in [3.8, 4) is 0 Å². The van der Waals surface area contributed by atoms with Crippen molar-refractivity contribution < 1.29 is 4.79 Å². The Hall–Kier alpha value is -1.69. The quantitative estimate of drug-likeness (QED) is 0.895. The van der Waals surface area contributed by atoms with Gasteiger partial charge in [-0.1, -0.05) is 0 Å². The van der Waals surface area contributed by atoms with Gasteiger partial charge in [0.1, 0.15) is 18.7 Å². The average Bonchev–Trinajstić information content (AvgIpc) is 2.96. The van der Waals surface area contributed by atoms with Gasteiger partial charge in [-0.3, -0.25) is 4.79 Å². The van der Waals surface area contributed by atoms with Crippen molar-refractivity contribution in [3.63, 3.8) is 0 Å². The largest absolute Gasteiger partial charge is 0.349 e. The summed E-state index contributed by atoms with van der Waals surface area (Å²) in [6.45, 7) is 4.41. The normalized spacial score (nSPS) is 12.4. The van der Waals surface area contributed by atoms with E-state index in [1.807, 2.05) is 18.4 Å². The molecule has 1 N–H and O–H groups in total. The van der Waals surface area contributed by atoms with Crippen LogP contribution in [0.2, 0.25) is 0 Å². The van der Waals surface area contributed by atoms with E-state index >= 15 is 0 Å². The molecule has 0 spiro atoms. The number of carbonyl (C=O) groups excluding carboxylic acids is 1. The lowest BCUT2D eigenvalue weighted by Crippen LogP contribution is -2.30. The molecule has 2 aromatic heterocycles. The second-order valence-electron chi connectivity index (χ2n) is 3.80. The molecule has 0 unspecified atom stereocenters. The van der Waals surface area contributed by atoms with Crippen molar-refractivity contribution >= 4 is 17.2 Å². The number of carbonyl (C=O) groups is 1. The van der Waals surface area contributed by atoms with Crippen molar-refractivity contribution in [2.75, 3.05) is 0 Å². The number of amides is 1. The molecule has 0 radical (unpaired) electrons. The molecule has 0 fully saturated rings. The van der Waals surface area contributed by atoms with E-state index in [-0.39, 0.29) is 11.9 Å². The van der Waals surface area contributed by atoms with Gasteiger partial charge in [-0.05, 0) is 30.9 Å². The van der Waals surface area contributed by atoms with Gasteiger partial charge in [-0.25, -0.2) is 9.67 Å². The maximum atomic E-state index is 11.9. The molecule has 2 heterocycles. The van der Waals surface area contributed by atoms with Gasteiger partial charge >= 0.3 is 0 Å². The zero-order valence-electron chi connectivity index (χ0n) is 9.75.